The van der Waals surface area contributed by atoms with Gasteiger partial charge in [-0.2, -0.15) is 0 Å². The molecule has 0 aromatic heterocycles. The van der Waals surface area contributed by atoms with Gasteiger partial charge in [0.2, 0.25) is 11.8 Å². The lowest BCUT2D eigenvalue weighted by molar-refractivity contribution is -0.129. The number of amides is 2. The Hall–Kier alpha value is -3.09. The second-order valence-corrected chi connectivity index (χ2v) is 5.78. The van der Waals surface area contributed by atoms with Crippen molar-refractivity contribution in [1.29, 1.82) is 0 Å². The molecule has 7 heteroatoms. The Morgan fingerprint density at radius 3 is 2.11 bits per heavy atom. The van der Waals surface area contributed by atoms with E-state index in [1.807, 2.05) is 0 Å². The molecular weight excluding hydrogens is 351 g/mol. The Kier molecular flexibility index (Phi) is 8.09. The maximum atomic E-state index is 12.8. The summed E-state index contributed by atoms with van der Waals surface area (Å²) in [6.07, 6.45) is 0.329. The van der Waals surface area contributed by atoms with E-state index < -0.39 is 0 Å². The zero-order valence-corrected chi connectivity index (χ0v) is 15.2. The quantitative estimate of drug-likeness (QED) is 0.493. The molecule has 0 fully saturated rings. The summed E-state index contributed by atoms with van der Waals surface area (Å²) in [7, 11) is 1.59. The van der Waals surface area contributed by atoms with E-state index in [0.717, 1.165) is 11.3 Å². The van der Waals surface area contributed by atoms with Crippen molar-refractivity contribution in [3.63, 3.8) is 0 Å². The lowest BCUT2D eigenvalue weighted by Gasteiger charge is -2.09. The summed E-state index contributed by atoms with van der Waals surface area (Å²) < 4.78 is 23.3. The molecule has 27 heavy (non-hydrogen) atoms. The molecule has 2 aromatic carbocycles. The molecule has 0 saturated carbocycles. The summed E-state index contributed by atoms with van der Waals surface area (Å²) in [4.78, 5) is 23.5. The van der Waals surface area contributed by atoms with Gasteiger partial charge >= 0.3 is 0 Å². The normalized spacial score (nSPS) is 10.1. The first-order valence-corrected chi connectivity index (χ1v) is 8.61. The molecule has 0 aliphatic carbocycles. The van der Waals surface area contributed by atoms with E-state index in [1.54, 1.807) is 43.5 Å². The van der Waals surface area contributed by atoms with Crippen LogP contribution < -0.4 is 20.1 Å². The molecule has 2 amide bonds. The predicted molar refractivity (Wildman–Crippen MR) is 99.2 cm³/mol. The first kappa shape index (κ1) is 20.2. The smallest absolute Gasteiger partial charge is 0.229 e. The molecule has 0 bridgehead atoms. The lowest BCUT2D eigenvalue weighted by atomic mass is 10.1. The summed E-state index contributed by atoms with van der Waals surface area (Å²) in [5, 5.41) is 5.30. The highest BCUT2D eigenvalue weighted by atomic mass is 19.1. The van der Waals surface area contributed by atoms with Gasteiger partial charge in [-0.1, -0.05) is 12.1 Å². The van der Waals surface area contributed by atoms with Gasteiger partial charge < -0.3 is 20.1 Å². The molecule has 0 heterocycles. The van der Waals surface area contributed by atoms with Crippen LogP contribution in [0.4, 0.5) is 4.39 Å². The Balaban J connectivity index is 1.56. The third kappa shape index (κ3) is 7.77. The van der Waals surface area contributed by atoms with Crippen LogP contribution in [0.3, 0.4) is 0 Å². The van der Waals surface area contributed by atoms with Crippen LogP contribution >= 0.6 is 0 Å². The third-order valence-electron chi connectivity index (χ3n) is 3.72. The molecule has 2 N–H and O–H groups in total. The molecule has 2 rings (SSSR count). The van der Waals surface area contributed by atoms with E-state index in [0.29, 0.717) is 31.9 Å². The minimum Gasteiger partial charge on any atom is -0.497 e. The van der Waals surface area contributed by atoms with Crippen molar-refractivity contribution in [1.82, 2.24) is 10.6 Å². The minimum absolute atomic E-state index is 0.244. The van der Waals surface area contributed by atoms with Crippen molar-refractivity contribution in [2.75, 3.05) is 26.8 Å². The fraction of sp³-hybridized carbons (Fsp3) is 0.300. The van der Waals surface area contributed by atoms with Gasteiger partial charge in [-0.25, -0.2) is 4.39 Å². The maximum Gasteiger partial charge on any atom is 0.229 e. The van der Waals surface area contributed by atoms with Crippen LogP contribution in [0.2, 0.25) is 0 Å². The van der Waals surface area contributed by atoms with Crippen molar-refractivity contribution in [3.05, 3.63) is 59.9 Å². The van der Waals surface area contributed by atoms with Gasteiger partial charge in [-0.3, -0.25) is 9.59 Å². The van der Waals surface area contributed by atoms with E-state index >= 15 is 0 Å². The highest BCUT2D eigenvalue weighted by molar-refractivity contribution is 5.96. The second-order valence-electron chi connectivity index (χ2n) is 5.78. The summed E-state index contributed by atoms with van der Waals surface area (Å²) in [5.74, 6) is 0.387. The standard InChI is InChI=1S/C20H23FN2O4/c1-26-17-6-8-18(9-7-17)27-13-12-23-20(25)14-19(24)22-11-10-15-2-4-16(21)5-3-15/h2-9H,10-14H2,1H3,(H,22,24)(H,23,25). The predicted octanol–water partition coefficient (Wildman–Crippen LogP) is 2.08. The van der Waals surface area contributed by atoms with Crippen molar-refractivity contribution < 1.29 is 23.5 Å². The summed E-state index contributed by atoms with van der Waals surface area (Å²) in [6.45, 7) is 0.982. The van der Waals surface area contributed by atoms with Gasteiger partial charge in [0.15, 0.2) is 0 Å². The average Bonchev–Trinajstić information content (AvgIpc) is 2.67. The van der Waals surface area contributed by atoms with Crippen molar-refractivity contribution in [2.24, 2.45) is 0 Å². The Morgan fingerprint density at radius 1 is 0.889 bits per heavy atom. The van der Waals surface area contributed by atoms with Crippen molar-refractivity contribution >= 4 is 11.8 Å². The van der Waals surface area contributed by atoms with Crippen LogP contribution in [-0.4, -0.2) is 38.6 Å². The third-order valence-corrected chi connectivity index (χ3v) is 3.72. The monoisotopic (exact) mass is 374 g/mol. The van der Waals surface area contributed by atoms with Gasteiger partial charge in [-0.15, -0.1) is 0 Å². The first-order chi connectivity index (χ1) is 13.1. The second kappa shape index (κ2) is 10.8. The molecule has 0 aliphatic heterocycles. The maximum absolute atomic E-state index is 12.8. The van der Waals surface area contributed by atoms with Gasteiger partial charge in [0.1, 0.15) is 30.3 Å². The number of hydrogen-bond donors (Lipinski definition) is 2. The summed E-state index contributed by atoms with van der Waals surface area (Å²) >= 11 is 0. The van der Waals surface area contributed by atoms with Crippen LogP contribution in [0, 0.1) is 5.82 Å². The molecule has 0 saturated heterocycles. The molecule has 2 aromatic rings. The van der Waals surface area contributed by atoms with Crippen LogP contribution in [0.5, 0.6) is 11.5 Å². The molecule has 0 spiro atoms. The summed E-state index contributed by atoms with van der Waals surface area (Å²) in [5.41, 5.74) is 0.914. The summed E-state index contributed by atoms with van der Waals surface area (Å²) in [6, 6.07) is 13.2. The topological polar surface area (TPSA) is 76.7 Å². The van der Waals surface area contributed by atoms with Gasteiger partial charge in [-0.05, 0) is 48.4 Å². The van der Waals surface area contributed by atoms with E-state index in [4.69, 9.17) is 9.47 Å². The van der Waals surface area contributed by atoms with E-state index in [1.165, 1.54) is 12.1 Å². The zero-order valence-electron chi connectivity index (χ0n) is 15.2. The Morgan fingerprint density at radius 2 is 1.48 bits per heavy atom. The van der Waals surface area contributed by atoms with Gasteiger partial charge in [0.05, 0.1) is 13.7 Å². The molecular formula is C20H23FN2O4. The highest BCUT2D eigenvalue weighted by Gasteiger charge is 2.08. The van der Waals surface area contributed by atoms with Crippen LogP contribution in [0.25, 0.3) is 0 Å². The SMILES string of the molecule is COc1ccc(OCCNC(=O)CC(=O)NCCc2ccc(F)cc2)cc1. The number of nitrogens with one attached hydrogen (secondary N) is 2. The molecule has 0 unspecified atom stereocenters. The minimum atomic E-state index is -0.368. The Labute approximate surface area is 157 Å². The number of carbonyl (C=O) groups excluding carboxylic acids is 2. The largest absolute Gasteiger partial charge is 0.497 e. The van der Waals surface area contributed by atoms with Crippen molar-refractivity contribution in [3.8, 4) is 11.5 Å². The zero-order chi connectivity index (χ0) is 19.5. The number of carbonyl (C=O) groups is 2. The van der Waals surface area contributed by atoms with Gasteiger partial charge in [0, 0.05) is 6.54 Å². The fourth-order valence-corrected chi connectivity index (χ4v) is 2.30. The molecule has 0 atom stereocenters. The lowest BCUT2D eigenvalue weighted by Crippen LogP contribution is -2.34. The average molecular weight is 374 g/mol. The number of ether oxygens (including phenoxy) is 2. The van der Waals surface area contributed by atoms with Crippen molar-refractivity contribution in [2.45, 2.75) is 12.8 Å². The number of methoxy groups -OCH3 is 1. The fourth-order valence-electron chi connectivity index (χ4n) is 2.30. The number of hydrogen-bond acceptors (Lipinski definition) is 4. The van der Waals surface area contributed by atoms with Crippen LogP contribution in [-0.2, 0) is 16.0 Å². The van der Waals surface area contributed by atoms with Crippen LogP contribution in [0.1, 0.15) is 12.0 Å². The number of rotatable bonds is 10. The van der Waals surface area contributed by atoms with E-state index in [-0.39, 0.29) is 24.1 Å². The first-order valence-electron chi connectivity index (χ1n) is 8.61. The molecule has 6 nitrogen and oxygen atoms in total. The van der Waals surface area contributed by atoms with E-state index in [9.17, 15) is 14.0 Å². The highest BCUT2D eigenvalue weighted by Crippen LogP contribution is 2.16. The number of benzene rings is 2. The van der Waals surface area contributed by atoms with Crippen LogP contribution in [0.15, 0.2) is 48.5 Å². The van der Waals surface area contributed by atoms with Gasteiger partial charge in [0.25, 0.3) is 0 Å². The van der Waals surface area contributed by atoms with E-state index in [2.05, 4.69) is 10.6 Å². The molecule has 0 radical (unpaired) electrons. The molecule has 144 valence electrons. The number of halogens is 1. The molecule has 0 aliphatic rings. The Bertz CT molecular complexity index is 733.